The van der Waals surface area contributed by atoms with Crippen molar-refractivity contribution in [3.63, 3.8) is 0 Å². The Kier molecular flexibility index (Phi) is 8.93. The fourth-order valence-electron chi connectivity index (χ4n) is 5.57. The van der Waals surface area contributed by atoms with Crippen molar-refractivity contribution in [3.05, 3.63) is 149 Å². The number of aryl methyl sites for hydroxylation is 1. The van der Waals surface area contributed by atoms with E-state index in [0.717, 1.165) is 16.7 Å². The van der Waals surface area contributed by atoms with Gasteiger partial charge in [-0.1, -0.05) is 72.3 Å². The molecule has 0 bridgehead atoms. The Morgan fingerprint density at radius 2 is 1.32 bits per heavy atom. The number of hydrogen-bond donors (Lipinski definition) is 1. The summed E-state index contributed by atoms with van der Waals surface area (Å²) in [6.45, 7) is 2.49. The molecule has 1 aliphatic rings. The SMILES string of the molecule is Cc1ccc(-c2ccccc2C(=O)Nc2ccc(C(=O)N(C)c3ccccc3OCCCN3C(=O)c4ccccc4C3=O)cc2)cc1. The van der Waals surface area contributed by atoms with Crippen LogP contribution < -0.4 is 15.0 Å². The van der Waals surface area contributed by atoms with Gasteiger partial charge in [0.1, 0.15) is 5.75 Å². The van der Waals surface area contributed by atoms with Crippen molar-refractivity contribution in [1.29, 1.82) is 0 Å². The van der Waals surface area contributed by atoms with Gasteiger partial charge >= 0.3 is 0 Å². The first-order valence-electron chi connectivity index (χ1n) is 15.3. The van der Waals surface area contributed by atoms with Gasteiger partial charge in [-0.25, -0.2) is 0 Å². The Balaban J connectivity index is 1.07. The maximum atomic E-state index is 13.5. The minimum atomic E-state index is -0.297. The molecule has 0 aromatic heterocycles. The van der Waals surface area contributed by atoms with Crippen LogP contribution in [-0.2, 0) is 0 Å². The second kappa shape index (κ2) is 13.5. The molecule has 0 saturated heterocycles. The first-order chi connectivity index (χ1) is 22.8. The average molecular weight is 624 g/mol. The number of carbonyl (C=O) groups excluding carboxylic acids is 4. The molecule has 1 heterocycles. The predicted molar refractivity (Wildman–Crippen MR) is 182 cm³/mol. The van der Waals surface area contributed by atoms with E-state index in [9.17, 15) is 19.2 Å². The van der Waals surface area contributed by atoms with E-state index in [1.807, 2.05) is 61.5 Å². The number of ether oxygens (including phenoxy) is 1. The Morgan fingerprint density at radius 1 is 0.723 bits per heavy atom. The van der Waals surface area contributed by atoms with Crippen LogP contribution in [0.1, 0.15) is 53.4 Å². The zero-order valence-corrected chi connectivity index (χ0v) is 26.1. The molecule has 47 heavy (non-hydrogen) atoms. The summed E-state index contributed by atoms with van der Waals surface area (Å²) >= 11 is 0. The minimum Gasteiger partial charge on any atom is -0.491 e. The molecule has 1 aliphatic heterocycles. The van der Waals surface area contributed by atoms with E-state index in [1.54, 1.807) is 73.8 Å². The smallest absolute Gasteiger partial charge is 0.261 e. The lowest BCUT2D eigenvalue weighted by molar-refractivity contribution is 0.0646. The highest BCUT2D eigenvalue weighted by atomic mass is 16.5. The number of nitrogens with zero attached hydrogens (tertiary/aromatic N) is 2. The quantitative estimate of drug-likeness (QED) is 0.131. The Labute approximate surface area is 273 Å². The standard InChI is InChI=1S/C39H33N3O5/c1-26-16-18-27(19-17-26)30-10-3-4-11-31(30)36(43)40-29-22-20-28(21-23-29)37(44)41(2)34-14-7-8-15-35(34)47-25-9-24-42-38(45)32-12-5-6-13-33(32)39(42)46/h3-8,10-23H,9,24-25H2,1-2H3,(H,40,43). The van der Waals surface area contributed by atoms with Crippen molar-refractivity contribution in [2.24, 2.45) is 0 Å². The van der Waals surface area contributed by atoms with Gasteiger partial charge in [-0.2, -0.15) is 0 Å². The van der Waals surface area contributed by atoms with Crippen LogP contribution in [0.15, 0.2) is 121 Å². The van der Waals surface area contributed by atoms with Gasteiger partial charge in [0.15, 0.2) is 0 Å². The molecular weight excluding hydrogens is 590 g/mol. The van der Waals surface area contributed by atoms with Gasteiger partial charge in [0.25, 0.3) is 23.6 Å². The molecule has 4 amide bonds. The molecule has 0 spiro atoms. The third-order valence-electron chi connectivity index (χ3n) is 8.12. The van der Waals surface area contributed by atoms with E-state index in [2.05, 4.69) is 5.32 Å². The molecule has 0 saturated carbocycles. The maximum absolute atomic E-state index is 13.5. The molecule has 0 unspecified atom stereocenters. The van der Waals surface area contributed by atoms with E-state index in [4.69, 9.17) is 4.74 Å². The number of anilines is 2. The summed E-state index contributed by atoms with van der Waals surface area (Å²) in [4.78, 5) is 54.7. The summed E-state index contributed by atoms with van der Waals surface area (Å²) in [6.07, 6.45) is 0.431. The molecular formula is C39H33N3O5. The van der Waals surface area contributed by atoms with Crippen LogP contribution >= 0.6 is 0 Å². The van der Waals surface area contributed by atoms with Crippen LogP contribution in [0.5, 0.6) is 5.75 Å². The van der Waals surface area contributed by atoms with Gasteiger partial charge in [-0.05, 0) is 79.1 Å². The first kappa shape index (κ1) is 31.0. The molecule has 0 radical (unpaired) electrons. The molecule has 0 fully saturated rings. The summed E-state index contributed by atoms with van der Waals surface area (Å²) in [5.74, 6) is -0.592. The summed E-state index contributed by atoms with van der Waals surface area (Å²) in [7, 11) is 1.67. The summed E-state index contributed by atoms with van der Waals surface area (Å²) in [6, 6.07) is 36.2. The Hall–Kier alpha value is -6.02. The third-order valence-corrected chi connectivity index (χ3v) is 8.12. The number of imide groups is 1. The Bertz CT molecular complexity index is 1930. The summed E-state index contributed by atoms with van der Waals surface area (Å²) < 4.78 is 6.01. The monoisotopic (exact) mass is 623 g/mol. The number of nitrogens with one attached hydrogen (secondary N) is 1. The topological polar surface area (TPSA) is 96.0 Å². The van der Waals surface area contributed by atoms with Crippen LogP contribution in [-0.4, -0.2) is 48.7 Å². The molecule has 234 valence electrons. The van der Waals surface area contributed by atoms with Gasteiger partial charge in [0.05, 0.1) is 23.4 Å². The van der Waals surface area contributed by atoms with E-state index in [1.165, 1.54) is 9.80 Å². The van der Waals surface area contributed by atoms with E-state index >= 15 is 0 Å². The van der Waals surface area contributed by atoms with E-state index in [-0.39, 0.29) is 36.8 Å². The number of fused-ring (bicyclic) bond motifs is 1. The largest absolute Gasteiger partial charge is 0.491 e. The zero-order valence-electron chi connectivity index (χ0n) is 26.1. The fourth-order valence-corrected chi connectivity index (χ4v) is 5.57. The van der Waals surface area contributed by atoms with Crippen LogP contribution in [0.3, 0.4) is 0 Å². The normalized spacial score (nSPS) is 12.1. The number of para-hydroxylation sites is 2. The van der Waals surface area contributed by atoms with Crippen LogP contribution in [0.4, 0.5) is 11.4 Å². The van der Waals surface area contributed by atoms with Crippen LogP contribution in [0.25, 0.3) is 11.1 Å². The Morgan fingerprint density at radius 3 is 2.00 bits per heavy atom. The molecule has 0 aliphatic carbocycles. The van der Waals surface area contributed by atoms with Crippen LogP contribution in [0.2, 0.25) is 0 Å². The van der Waals surface area contributed by atoms with Crippen molar-refractivity contribution in [2.75, 3.05) is 30.4 Å². The number of benzene rings is 5. The molecule has 6 rings (SSSR count). The highest BCUT2D eigenvalue weighted by Gasteiger charge is 2.34. The second-order valence-corrected chi connectivity index (χ2v) is 11.3. The lowest BCUT2D eigenvalue weighted by atomic mass is 9.98. The van der Waals surface area contributed by atoms with Gasteiger partial charge in [0, 0.05) is 30.4 Å². The number of carbonyl (C=O) groups is 4. The molecule has 8 heteroatoms. The summed E-state index contributed by atoms with van der Waals surface area (Å²) in [5, 5.41) is 2.95. The van der Waals surface area contributed by atoms with Gasteiger partial charge in [-0.3, -0.25) is 24.1 Å². The van der Waals surface area contributed by atoms with Crippen molar-refractivity contribution in [1.82, 2.24) is 4.90 Å². The second-order valence-electron chi connectivity index (χ2n) is 11.3. The molecule has 5 aromatic rings. The first-order valence-corrected chi connectivity index (χ1v) is 15.3. The lowest BCUT2D eigenvalue weighted by Crippen LogP contribution is -2.31. The predicted octanol–water partition coefficient (Wildman–Crippen LogP) is 7.26. The molecule has 8 nitrogen and oxygen atoms in total. The highest BCUT2D eigenvalue weighted by Crippen LogP contribution is 2.30. The third kappa shape index (κ3) is 6.53. The highest BCUT2D eigenvalue weighted by molar-refractivity contribution is 6.21. The average Bonchev–Trinajstić information content (AvgIpc) is 3.35. The fraction of sp³-hybridized carbons (Fsp3) is 0.128. The lowest BCUT2D eigenvalue weighted by Gasteiger charge is -2.21. The number of rotatable bonds is 10. The van der Waals surface area contributed by atoms with Crippen molar-refractivity contribution >= 4 is 35.0 Å². The molecule has 5 aromatic carbocycles. The van der Waals surface area contributed by atoms with Crippen LogP contribution in [0, 0.1) is 6.92 Å². The number of amides is 4. The zero-order chi connectivity index (χ0) is 32.9. The van der Waals surface area contributed by atoms with Gasteiger partial charge in [-0.15, -0.1) is 0 Å². The van der Waals surface area contributed by atoms with Crippen molar-refractivity contribution in [2.45, 2.75) is 13.3 Å². The van der Waals surface area contributed by atoms with Gasteiger partial charge < -0.3 is 15.0 Å². The van der Waals surface area contributed by atoms with Crippen molar-refractivity contribution in [3.8, 4) is 16.9 Å². The summed E-state index contributed by atoms with van der Waals surface area (Å²) in [5.41, 5.74) is 5.90. The van der Waals surface area contributed by atoms with E-state index in [0.29, 0.717) is 45.8 Å². The number of hydrogen-bond acceptors (Lipinski definition) is 5. The maximum Gasteiger partial charge on any atom is 0.261 e. The van der Waals surface area contributed by atoms with E-state index < -0.39 is 0 Å². The molecule has 1 N–H and O–H groups in total. The van der Waals surface area contributed by atoms with Crippen molar-refractivity contribution < 1.29 is 23.9 Å². The minimum absolute atomic E-state index is 0.226. The van der Waals surface area contributed by atoms with Gasteiger partial charge in [0.2, 0.25) is 0 Å². The molecule has 0 atom stereocenters.